The van der Waals surface area contributed by atoms with Gasteiger partial charge in [0.2, 0.25) is 0 Å². The van der Waals surface area contributed by atoms with Gasteiger partial charge in [-0.1, -0.05) is 48.8 Å². The van der Waals surface area contributed by atoms with Crippen LogP contribution in [0.4, 0.5) is 0 Å². The lowest BCUT2D eigenvalue weighted by Crippen LogP contribution is -2.08. The van der Waals surface area contributed by atoms with Crippen molar-refractivity contribution in [3.8, 4) is 11.3 Å². The van der Waals surface area contributed by atoms with Crippen LogP contribution in [-0.4, -0.2) is 4.75 Å². The third kappa shape index (κ3) is 4.25. The fourth-order valence-corrected chi connectivity index (χ4v) is 3.08. The molecule has 100 valence electrons. The van der Waals surface area contributed by atoms with E-state index >= 15 is 0 Å². The minimum absolute atomic E-state index is 0.0579. The molecule has 0 aliphatic rings. The highest BCUT2D eigenvalue weighted by Crippen LogP contribution is 2.33. The summed E-state index contributed by atoms with van der Waals surface area (Å²) in [5.41, 5.74) is 0.576. The first-order valence-electron chi connectivity index (χ1n) is 5.94. The molecule has 0 saturated heterocycles. The molecule has 4 heteroatoms. The van der Waals surface area contributed by atoms with Gasteiger partial charge in [0, 0.05) is 25.7 Å². The number of rotatable bonds is 2. The quantitative estimate of drug-likeness (QED) is 0.725. The third-order valence-corrected chi connectivity index (χ3v) is 3.85. The summed E-state index contributed by atoms with van der Waals surface area (Å²) in [6.45, 7) is 6.35. The molecule has 2 rings (SSSR count). The minimum Gasteiger partial charge on any atom is -0.423 e. The molecule has 2 nitrogen and oxygen atoms in total. The Kier molecular flexibility index (Phi) is 4.21. The second-order valence-corrected chi connectivity index (χ2v) is 8.02. The monoisotopic (exact) mass is 338 g/mol. The van der Waals surface area contributed by atoms with Crippen LogP contribution in [0.3, 0.4) is 0 Å². The average Bonchev–Trinajstić information content (AvgIpc) is 2.25. The normalized spacial score (nSPS) is 11.6. The third-order valence-electron chi connectivity index (χ3n) is 2.28. The Bertz CT molecular complexity index is 641. The van der Waals surface area contributed by atoms with Gasteiger partial charge in [0.05, 0.1) is 0 Å². The molecule has 1 aromatic heterocycles. The molecule has 0 unspecified atom stereocenters. The van der Waals surface area contributed by atoms with Gasteiger partial charge in [0.1, 0.15) is 5.76 Å². The lowest BCUT2D eigenvalue weighted by Gasteiger charge is -2.17. The zero-order chi connectivity index (χ0) is 14.0. The molecular weight excluding hydrogens is 324 g/mol. The number of hydrogen-bond donors (Lipinski definition) is 0. The van der Waals surface area contributed by atoms with Crippen molar-refractivity contribution >= 4 is 27.7 Å². The Hall–Kier alpha value is -1.00. The van der Waals surface area contributed by atoms with Crippen LogP contribution in [-0.2, 0) is 0 Å². The Morgan fingerprint density at radius 3 is 2.53 bits per heavy atom. The van der Waals surface area contributed by atoms with Gasteiger partial charge in [-0.2, -0.15) is 0 Å². The van der Waals surface area contributed by atoms with E-state index in [0.29, 0.717) is 5.76 Å². The Balaban J connectivity index is 2.45. The fourth-order valence-electron chi connectivity index (χ4n) is 1.65. The first-order chi connectivity index (χ1) is 8.83. The lowest BCUT2D eigenvalue weighted by molar-refractivity contribution is 0.521. The van der Waals surface area contributed by atoms with E-state index in [1.807, 2.05) is 30.3 Å². The van der Waals surface area contributed by atoms with Crippen molar-refractivity contribution in [2.45, 2.75) is 30.4 Å². The zero-order valence-corrected chi connectivity index (χ0v) is 13.5. The van der Waals surface area contributed by atoms with Crippen molar-refractivity contribution in [3.05, 3.63) is 51.3 Å². The van der Waals surface area contributed by atoms with E-state index in [1.165, 1.54) is 6.07 Å². The van der Waals surface area contributed by atoms with Crippen LogP contribution in [0, 0.1) is 0 Å². The van der Waals surface area contributed by atoms with Crippen LogP contribution < -0.4 is 5.63 Å². The maximum absolute atomic E-state index is 11.7. The Morgan fingerprint density at radius 1 is 1.16 bits per heavy atom. The van der Waals surface area contributed by atoms with Crippen LogP contribution in [0.1, 0.15) is 20.8 Å². The van der Waals surface area contributed by atoms with E-state index in [1.54, 1.807) is 11.8 Å². The molecule has 0 aliphatic heterocycles. The number of hydrogen-bond acceptors (Lipinski definition) is 3. The van der Waals surface area contributed by atoms with Gasteiger partial charge in [-0.05, 0) is 18.2 Å². The van der Waals surface area contributed by atoms with Crippen molar-refractivity contribution in [1.82, 2.24) is 0 Å². The van der Waals surface area contributed by atoms with E-state index in [-0.39, 0.29) is 10.4 Å². The van der Waals surface area contributed by atoms with Gasteiger partial charge in [-0.3, -0.25) is 0 Å². The molecule has 0 spiro atoms. The number of benzene rings is 1. The molecule has 1 heterocycles. The predicted octanol–water partition coefficient (Wildman–Crippen LogP) is 4.96. The summed E-state index contributed by atoms with van der Waals surface area (Å²) in [6.07, 6.45) is 0. The Labute approximate surface area is 125 Å². The zero-order valence-electron chi connectivity index (χ0n) is 11.1. The first-order valence-corrected chi connectivity index (χ1v) is 7.55. The summed E-state index contributed by atoms with van der Waals surface area (Å²) in [4.78, 5) is 12.6. The van der Waals surface area contributed by atoms with Gasteiger partial charge in [-0.15, -0.1) is 11.8 Å². The molecule has 19 heavy (non-hydrogen) atoms. The summed E-state index contributed by atoms with van der Waals surface area (Å²) in [6, 6.07) is 11.2. The van der Waals surface area contributed by atoms with E-state index in [2.05, 4.69) is 36.7 Å². The highest BCUT2D eigenvalue weighted by atomic mass is 79.9. The molecule has 0 saturated carbocycles. The molecular formula is C15H15BrO2S. The molecule has 0 aliphatic carbocycles. The topological polar surface area (TPSA) is 30.2 Å². The summed E-state index contributed by atoms with van der Waals surface area (Å²) < 4.78 is 6.30. The average molecular weight is 339 g/mol. The fraction of sp³-hybridized carbons (Fsp3) is 0.267. The number of thioether (sulfide) groups is 1. The highest BCUT2D eigenvalue weighted by molar-refractivity contribution is 9.10. The molecule has 0 atom stereocenters. The molecule has 0 bridgehead atoms. The van der Waals surface area contributed by atoms with Gasteiger partial charge in [0.25, 0.3) is 0 Å². The second kappa shape index (κ2) is 5.55. The summed E-state index contributed by atoms with van der Waals surface area (Å²) in [7, 11) is 0. The highest BCUT2D eigenvalue weighted by Gasteiger charge is 2.14. The maximum Gasteiger partial charge on any atom is 0.337 e. The standard InChI is InChI=1S/C15H15BrO2S/c1-15(2,3)19-12-8-13(18-14(17)9-12)10-5-4-6-11(16)7-10/h4-9H,1-3H3. The van der Waals surface area contributed by atoms with Crippen LogP contribution in [0.25, 0.3) is 11.3 Å². The van der Waals surface area contributed by atoms with Crippen molar-refractivity contribution in [2.75, 3.05) is 0 Å². The predicted molar refractivity (Wildman–Crippen MR) is 83.7 cm³/mol. The molecule has 0 radical (unpaired) electrons. The van der Waals surface area contributed by atoms with E-state index in [0.717, 1.165) is 14.9 Å². The van der Waals surface area contributed by atoms with Crippen molar-refractivity contribution in [2.24, 2.45) is 0 Å². The van der Waals surface area contributed by atoms with Crippen molar-refractivity contribution < 1.29 is 4.42 Å². The van der Waals surface area contributed by atoms with Crippen LogP contribution in [0.2, 0.25) is 0 Å². The van der Waals surface area contributed by atoms with Gasteiger partial charge < -0.3 is 4.42 Å². The van der Waals surface area contributed by atoms with Gasteiger partial charge in [-0.25, -0.2) is 4.79 Å². The minimum atomic E-state index is -0.316. The Morgan fingerprint density at radius 2 is 1.89 bits per heavy atom. The second-order valence-electron chi connectivity index (χ2n) is 5.20. The van der Waals surface area contributed by atoms with Gasteiger partial charge >= 0.3 is 5.63 Å². The van der Waals surface area contributed by atoms with Crippen LogP contribution in [0.15, 0.2) is 55.0 Å². The van der Waals surface area contributed by atoms with Gasteiger partial charge in [0.15, 0.2) is 0 Å². The van der Waals surface area contributed by atoms with Crippen molar-refractivity contribution in [3.63, 3.8) is 0 Å². The summed E-state index contributed by atoms with van der Waals surface area (Å²) in [5.74, 6) is 0.598. The SMILES string of the molecule is CC(C)(C)Sc1cc(-c2cccc(Br)c2)oc(=O)c1. The smallest absolute Gasteiger partial charge is 0.337 e. The van der Waals surface area contributed by atoms with E-state index in [9.17, 15) is 4.79 Å². The molecule has 0 fully saturated rings. The lowest BCUT2D eigenvalue weighted by atomic mass is 10.2. The number of halogens is 1. The largest absolute Gasteiger partial charge is 0.423 e. The molecule has 2 aromatic rings. The van der Waals surface area contributed by atoms with Crippen molar-refractivity contribution in [1.29, 1.82) is 0 Å². The molecule has 1 aromatic carbocycles. The summed E-state index contributed by atoms with van der Waals surface area (Å²) >= 11 is 5.08. The summed E-state index contributed by atoms with van der Waals surface area (Å²) in [5, 5.41) is 0. The first kappa shape index (κ1) is 14.4. The maximum atomic E-state index is 11.7. The van der Waals surface area contributed by atoms with Crippen LogP contribution in [0.5, 0.6) is 0 Å². The molecule has 0 amide bonds. The molecule has 0 N–H and O–H groups in total. The van der Waals surface area contributed by atoms with Crippen LogP contribution >= 0.6 is 27.7 Å². The van der Waals surface area contributed by atoms with E-state index < -0.39 is 0 Å². The van der Waals surface area contributed by atoms with E-state index in [4.69, 9.17) is 4.42 Å².